The van der Waals surface area contributed by atoms with E-state index in [0.717, 1.165) is 48.4 Å². The molecule has 0 spiro atoms. The molecule has 8 heteroatoms. The molecule has 31 heavy (non-hydrogen) atoms. The van der Waals surface area contributed by atoms with Crippen molar-refractivity contribution in [2.75, 3.05) is 17.1 Å². The molecule has 0 aromatic heterocycles. The van der Waals surface area contributed by atoms with Crippen LogP contribution in [0.2, 0.25) is 0 Å². The molecule has 0 bridgehead atoms. The number of amides is 1. The molecule has 0 aliphatic heterocycles. The third-order valence-electron chi connectivity index (χ3n) is 5.22. The van der Waals surface area contributed by atoms with Crippen LogP contribution in [0.4, 0.5) is 14.5 Å². The molecule has 2 aromatic rings. The third kappa shape index (κ3) is 7.31. The minimum Gasteiger partial charge on any atom is -0.352 e. The number of hydrogen-bond donors (Lipinski definition) is 1. The van der Waals surface area contributed by atoms with Crippen molar-refractivity contribution in [3.05, 3.63) is 65.2 Å². The van der Waals surface area contributed by atoms with Crippen LogP contribution >= 0.6 is 0 Å². The normalized spacial score (nSPS) is 12.4. The van der Waals surface area contributed by atoms with E-state index in [1.54, 1.807) is 24.3 Å². The summed E-state index contributed by atoms with van der Waals surface area (Å²) in [5.41, 5.74) is 0.802. The van der Waals surface area contributed by atoms with Gasteiger partial charge in [-0.1, -0.05) is 45.2 Å². The van der Waals surface area contributed by atoms with Crippen LogP contribution in [0.5, 0.6) is 0 Å². The number of hydrogen-bond acceptors (Lipinski definition) is 3. The molecule has 1 amide bonds. The maximum atomic E-state index is 14.2. The summed E-state index contributed by atoms with van der Waals surface area (Å²) in [6.45, 7) is 4.72. The molecular weight excluding hydrogens is 422 g/mol. The Kier molecular flexibility index (Phi) is 8.98. The van der Waals surface area contributed by atoms with Gasteiger partial charge in [-0.15, -0.1) is 0 Å². The maximum Gasteiger partial charge on any atom is 0.251 e. The summed E-state index contributed by atoms with van der Waals surface area (Å²) in [6.07, 6.45) is 5.29. The number of benzene rings is 2. The van der Waals surface area contributed by atoms with Crippen molar-refractivity contribution >= 4 is 21.6 Å². The Morgan fingerprint density at radius 1 is 1.10 bits per heavy atom. The second kappa shape index (κ2) is 11.2. The number of nitrogens with zero attached hydrogens (tertiary/aromatic N) is 1. The van der Waals surface area contributed by atoms with Crippen molar-refractivity contribution in [3.8, 4) is 0 Å². The van der Waals surface area contributed by atoms with Crippen LogP contribution in [0, 0.1) is 17.6 Å². The smallest absolute Gasteiger partial charge is 0.251 e. The highest BCUT2D eigenvalue weighted by Gasteiger charge is 2.22. The van der Waals surface area contributed by atoms with Crippen molar-refractivity contribution in [2.24, 2.45) is 5.92 Å². The molecule has 0 saturated heterocycles. The van der Waals surface area contributed by atoms with E-state index in [4.69, 9.17) is 0 Å². The highest BCUT2D eigenvalue weighted by molar-refractivity contribution is 7.92. The SMILES string of the molecule is CCCC[C@@H](CC)CNC(=O)c1ccc(CN(c2ccc(F)cc2F)S(C)(=O)=O)cc1. The van der Waals surface area contributed by atoms with Crippen molar-refractivity contribution in [1.29, 1.82) is 0 Å². The van der Waals surface area contributed by atoms with Gasteiger partial charge in [0.1, 0.15) is 11.6 Å². The number of unbranched alkanes of at least 4 members (excludes halogenated alkanes) is 1. The van der Waals surface area contributed by atoms with E-state index in [-0.39, 0.29) is 18.1 Å². The first-order valence-corrected chi connectivity index (χ1v) is 12.3. The third-order valence-corrected chi connectivity index (χ3v) is 6.34. The average molecular weight is 453 g/mol. The summed E-state index contributed by atoms with van der Waals surface area (Å²) >= 11 is 0. The zero-order chi connectivity index (χ0) is 23.0. The number of rotatable bonds is 11. The lowest BCUT2D eigenvalue weighted by atomic mass is 9.99. The van der Waals surface area contributed by atoms with Gasteiger partial charge in [-0.3, -0.25) is 9.10 Å². The van der Waals surface area contributed by atoms with E-state index in [2.05, 4.69) is 19.2 Å². The van der Waals surface area contributed by atoms with Gasteiger partial charge in [0.15, 0.2) is 0 Å². The van der Waals surface area contributed by atoms with Gasteiger partial charge in [0.05, 0.1) is 18.5 Å². The van der Waals surface area contributed by atoms with E-state index in [1.807, 2.05) is 0 Å². The Hall–Kier alpha value is -2.48. The number of sulfonamides is 1. The molecule has 0 radical (unpaired) electrons. The van der Waals surface area contributed by atoms with Gasteiger partial charge in [-0.05, 0) is 42.2 Å². The van der Waals surface area contributed by atoms with Gasteiger partial charge >= 0.3 is 0 Å². The van der Waals surface area contributed by atoms with E-state index >= 15 is 0 Å². The number of halogens is 2. The zero-order valence-electron chi connectivity index (χ0n) is 18.2. The molecule has 1 N–H and O–H groups in total. The maximum absolute atomic E-state index is 14.2. The fourth-order valence-corrected chi connectivity index (χ4v) is 4.16. The second-order valence-corrected chi connectivity index (χ2v) is 9.60. The Balaban J connectivity index is 2.09. The number of carbonyl (C=O) groups is 1. The fraction of sp³-hybridized carbons (Fsp3) is 0.435. The highest BCUT2D eigenvalue weighted by Crippen LogP contribution is 2.25. The van der Waals surface area contributed by atoms with E-state index < -0.39 is 21.7 Å². The zero-order valence-corrected chi connectivity index (χ0v) is 19.0. The predicted molar refractivity (Wildman–Crippen MR) is 119 cm³/mol. The molecule has 0 saturated carbocycles. The lowest BCUT2D eigenvalue weighted by Gasteiger charge is -2.23. The van der Waals surface area contributed by atoms with E-state index in [0.29, 0.717) is 29.7 Å². The monoisotopic (exact) mass is 452 g/mol. The minimum absolute atomic E-state index is 0.141. The number of carbonyl (C=O) groups excluding carboxylic acids is 1. The Bertz CT molecular complexity index is 979. The molecule has 170 valence electrons. The highest BCUT2D eigenvalue weighted by atomic mass is 32.2. The summed E-state index contributed by atoms with van der Waals surface area (Å²) in [4.78, 5) is 12.4. The second-order valence-electron chi connectivity index (χ2n) is 7.69. The Morgan fingerprint density at radius 3 is 2.32 bits per heavy atom. The van der Waals surface area contributed by atoms with Crippen molar-refractivity contribution in [3.63, 3.8) is 0 Å². The van der Waals surface area contributed by atoms with Gasteiger partial charge < -0.3 is 5.32 Å². The summed E-state index contributed by atoms with van der Waals surface area (Å²) in [5.74, 6) is -1.50. The van der Waals surface area contributed by atoms with Crippen LogP contribution in [0.25, 0.3) is 0 Å². The molecule has 0 aliphatic carbocycles. The molecule has 0 unspecified atom stereocenters. The van der Waals surface area contributed by atoms with Crippen molar-refractivity contribution in [1.82, 2.24) is 5.32 Å². The molecule has 1 atom stereocenters. The minimum atomic E-state index is -3.82. The molecule has 0 aliphatic rings. The lowest BCUT2D eigenvalue weighted by Crippen LogP contribution is -2.30. The fourth-order valence-electron chi connectivity index (χ4n) is 3.27. The molecule has 2 aromatic carbocycles. The van der Waals surface area contributed by atoms with Crippen LogP contribution in [0.3, 0.4) is 0 Å². The number of anilines is 1. The van der Waals surface area contributed by atoms with Crippen LogP contribution in [-0.4, -0.2) is 27.1 Å². The molecule has 5 nitrogen and oxygen atoms in total. The summed E-state index contributed by atoms with van der Waals surface area (Å²) < 4.78 is 52.6. The van der Waals surface area contributed by atoms with Gasteiger partial charge in [0.25, 0.3) is 5.91 Å². The van der Waals surface area contributed by atoms with Gasteiger partial charge in [-0.2, -0.15) is 0 Å². The molecule has 0 heterocycles. The van der Waals surface area contributed by atoms with Crippen LogP contribution in [-0.2, 0) is 16.6 Å². The first kappa shape index (κ1) is 24.8. The molecular formula is C23H30F2N2O3S. The molecule has 0 fully saturated rings. The molecule has 2 rings (SSSR count). The van der Waals surface area contributed by atoms with Gasteiger partial charge in [-0.25, -0.2) is 17.2 Å². The number of nitrogens with one attached hydrogen (secondary N) is 1. The Labute approximate surface area is 183 Å². The quantitative estimate of drug-likeness (QED) is 0.529. The van der Waals surface area contributed by atoms with E-state index in [9.17, 15) is 22.0 Å². The van der Waals surface area contributed by atoms with Crippen LogP contribution in [0.15, 0.2) is 42.5 Å². The van der Waals surface area contributed by atoms with Crippen LogP contribution in [0.1, 0.15) is 55.5 Å². The van der Waals surface area contributed by atoms with Crippen molar-refractivity contribution < 1.29 is 22.0 Å². The van der Waals surface area contributed by atoms with Gasteiger partial charge in [0.2, 0.25) is 10.0 Å². The van der Waals surface area contributed by atoms with Crippen molar-refractivity contribution in [2.45, 2.75) is 46.1 Å². The topological polar surface area (TPSA) is 66.5 Å². The van der Waals surface area contributed by atoms with Gasteiger partial charge in [0, 0.05) is 18.2 Å². The Morgan fingerprint density at radius 2 is 1.77 bits per heavy atom. The predicted octanol–water partition coefficient (Wildman–Crippen LogP) is 4.88. The average Bonchev–Trinajstić information content (AvgIpc) is 2.72. The first-order valence-electron chi connectivity index (χ1n) is 10.5. The van der Waals surface area contributed by atoms with E-state index in [1.165, 1.54) is 0 Å². The summed E-state index contributed by atoms with van der Waals surface area (Å²) in [6, 6.07) is 9.22. The summed E-state index contributed by atoms with van der Waals surface area (Å²) in [7, 11) is -3.82. The standard InChI is InChI=1S/C23H30F2N2O3S/c1-4-6-7-17(5-2)15-26-23(28)19-10-8-18(9-11-19)16-27(31(3,29)30)22-13-12-20(24)14-21(22)25/h8-14,17H,4-7,15-16H2,1-3H3,(H,26,28)/t17-/m1/s1. The largest absolute Gasteiger partial charge is 0.352 e. The lowest BCUT2D eigenvalue weighted by molar-refractivity contribution is 0.0946. The van der Waals surface area contributed by atoms with Crippen LogP contribution < -0.4 is 9.62 Å². The summed E-state index contributed by atoms with van der Waals surface area (Å²) in [5, 5.41) is 2.95. The first-order chi connectivity index (χ1) is 14.7.